The van der Waals surface area contributed by atoms with E-state index in [2.05, 4.69) is 13.5 Å². The molecule has 1 nitrogen and oxygen atoms in total. The topological polar surface area (TPSA) is 26.0 Å². The normalized spacial score (nSPS) is 49.3. The van der Waals surface area contributed by atoms with E-state index in [1.54, 1.807) is 0 Å². The van der Waals surface area contributed by atoms with Gasteiger partial charge in [0, 0.05) is 6.04 Å². The minimum Gasteiger partial charge on any atom is -0.324 e. The summed E-state index contributed by atoms with van der Waals surface area (Å²) in [6, 6.07) is 0.269. The second-order valence-electron chi connectivity index (χ2n) is 6.60. The Labute approximate surface area is 93.1 Å². The lowest BCUT2D eigenvalue weighted by atomic mass is 9.47. The summed E-state index contributed by atoms with van der Waals surface area (Å²) >= 11 is 0. The van der Waals surface area contributed by atoms with Gasteiger partial charge in [-0.05, 0) is 68.6 Å². The van der Waals surface area contributed by atoms with Crippen LogP contribution in [0.25, 0.3) is 0 Å². The van der Waals surface area contributed by atoms with E-state index in [9.17, 15) is 0 Å². The second kappa shape index (κ2) is 3.10. The zero-order valence-corrected chi connectivity index (χ0v) is 9.84. The zero-order valence-electron chi connectivity index (χ0n) is 9.84. The molecule has 0 radical (unpaired) electrons. The molecule has 0 spiro atoms. The van der Waals surface area contributed by atoms with Crippen LogP contribution in [-0.4, -0.2) is 6.04 Å². The van der Waals surface area contributed by atoms with Crippen molar-refractivity contribution in [2.24, 2.45) is 28.9 Å². The summed E-state index contributed by atoms with van der Waals surface area (Å²) < 4.78 is 0. The van der Waals surface area contributed by atoms with E-state index in [0.717, 1.165) is 17.8 Å². The largest absolute Gasteiger partial charge is 0.324 e. The van der Waals surface area contributed by atoms with Crippen molar-refractivity contribution < 1.29 is 0 Å². The van der Waals surface area contributed by atoms with Gasteiger partial charge >= 0.3 is 0 Å². The van der Waals surface area contributed by atoms with Crippen LogP contribution in [0.5, 0.6) is 0 Å². The van der Waals surface area contributed by atoms with Crippen molar-refractivity contribution in [3.05, 3.63) is 12.2 Å². The highest BCUT2D eigenvalue weighted by molar-refractivity contribution is 5.14. The minimum atomic E-state index is 0.269. The van der Waals surface area contributed by atoms with Crippen molar-refractivity contribution in [3.63, 3.8) is 0 Å². The monoisotopic (exact) mass is 205 g/mol. The summed E-state index contributed by atoms with van der Waals surface area (Å²) in [7, 11) is 0. The lowest BCUT2D eigenvalue weighted by Crippen LogP contribution is -2.54. The van der Waals surface area contributed by atoms with Gasteiger partial charge in [-0.15, -0.1) is 0 Å². The molecule has 0 saturated heterocycles. The van der Waals surface area contributed by atoms with Crippen LogP contribution in [0.15, 0.2) is 12.2 Å². The highest BCUT2D eigenvalue weighted by Gasteiger charge is 2.53. The SMILES string of the molecule is C=C(C)C(N)C12CC3CC(CC(C3)C1)C2. The van der Waals surface area contributed by atoms with Crippen molar-refractivity contribution >= 4 is 0 Å². The first-order valence-electron chi connectivity index (χ1n) is 6.50. The summed E-state index contributed by atoms with van der Waals surface area (Å²) in [5, 5.41) is 0. The van der Waals surface area contributed by atoms with E-state index >= 15 is 0 Å². The molecular formula is C14H23N. The third kappa shape index (κ3) is 1.39. The van der Waals surface area contributed by atoms with Gasteiger partial charge in [-0.3, -0.25) is 0 Å². The van der Waals surface area contributed by atoms with Gasteiger partial charge in [0.25, 0.3) is 0 Å². The Hall–Kier alpha value is -0.300. The molecule has 0 heterocycles. The van der Waals surface area contributed by atoms with Crippen LogP contribution < -0.4 is 5.73 Å². The first-order valence-corrected chi connectivity index (χ1v) is 6.50. The van der Waals surface area contributed by atoms with Crippen molar-refractivity contribution in [2.45, 2.75) is 51.5 Å². The first kappa shape index (κ1) is 9.89. The van der Waals surface area contributed by atoms with Gasteiger partial charge < -0.3 is 5.73 Å². The molecule has 1 unspecified atom stereocenters. The van der Waals surface area contributed by atoms with E-state index in [-0.39, 0.29) is 6.04 Å². The van der Waals surface area contributed by atoms with Crippen LogP contribution >= 0.6 is 0 Å². The van der Waals surface area contributed by atoms with Crippen LogP contribution in [0.3, 0.4) is 0 Å². The van der Waals surface area contributed by atoms with Gasteiger partial charge in [0.1, 0.15) is 0 Å². The summed E-state index contributed by atoms with van der Waals surface area (Å²) in [6.07, 6.45) is 8.69. The molecule has 4 aliphatic carbocycles. The lowest BCUT2D eigenvalue weighted by Gasteiger charge is -2.59. The third-order valence-electron chi connectivity index (χ3n) is 5.28. The third-order valence-corrected chi connectivity index (χ3v) is 5.28. The highest BCUT2D eigenvalue weighted by atomic mass is 14.7. The molecule has 1 heteroatoms. The maximum absolute atomic E-state index is 6.42. The highest BCUT2D eigenvalue weighted by Crippen LogP contribution is 2.61. The van der Waals surface area contributed by atoms with E-state index in [1.165, 1.54) is 44.1 Å². The Morgan fingerprint density at radius 3 is 1.87 bits per heavy atom. The molecule has 4 saturated carbocycles. The van der Waals surface area contributed by atoms with Gasteiger partial charge in [-0.2, -0.15) is 0 Å². The molecule has 2 N–H and O–H groups in total. The Morgan fingerprint density at radius 1 is 1.13 bits per heavy atom. The molecule has 0 aromatic carbocycles. The lowest BCUT2D eigenvalue weighted by molar-refractivity contribution is -0.0607. The number of nitrogens with two attached hydrogens (primary N) is 1. The summed E-state index contributed by atoms with van der Waals surface area (Å²) in [6.45, 7) is 6.20. The Bertz CT molecular complexity index is 256. The molecule has 4 rings (SSSR count). The molecule has 15 heavy (non-hydrogen) atoms. The molecule has 0 amide bonds. The molecule has 0 aliphatic heterocycles. The molecule has 0 aromatic heterocycles. The Balaban J connectivity index is 1.89. The average Bonchev–Trinajstić information content (AvgIpc) is 2.14. The standard InChI is InChI=1S/C14H23N/c1-9(2)13(15)14-6-10-3-11(7-14)5-12(4-10)8-14/h10-13H,1,3-8,15H2,2H3. The fraction of sp³-hybridized carbons (Fsp3) is 0.857. The quantitative estimate of drug-likeness (QED) is 0.689. The summed E-state index contributed by atoms with van der Waals surface area (Å²) in [5.74, 6) is 3.00. The predicted octanol–water partition coefficient (Wildman–Crippen LogP) is 3.11. The smallest absolute Gasteiger partial charge is 0.0305 e. The summed E-state index contributed by atoms with van der Waals surface area (Å²) in [5.41, 5.74) is 8.08. The number of rotatable bonds is 2. The van der Waals surface area contributed by atoms with Crippen LogP contribution in [0.2, 0.25) is 0 Å². The molecule has 1 atom stereocenters. The molecular weight excluding hydrogens is 182 g/mol. The fourth-order valence-electron chi connectivity index (χ4n) is 5.08. The van der Waals surface area contributed by atoms with Crippen LogP contribution in [0.1, 0.15) is 45.4 Å². The molecule has 0 aromatic rings. The molecule has 84 valence electrons. The predicted molar refractivity (Wildman–Crippen MR) is 63.4 cm³/mol. The summed E-state index contributed by atoms with van der Waals surface area (Å²) in [4.78, 5) is 0. The average molecular weight is 205 g/mol. The van der Waals surface area contributed by atoms with Gasteiger partial charge in [-0.25, -0.2) is 0 Å². The minimum absolute atomic E-state index is 0.269. The zero-order chi connectivity index (χ0) is 10.6. The molecule has 4 fully saturated rings. The van der Waals surface area contributed by atoms with Gasteiger partial charge in [0.15, 0.2) is 0 Å². The van der Waals surface area contributed by atoms with E-state index in [0.29, 0.717) is 5.41 Å². The van der Waals surface area contributed by atoms with E-state index in [4.69, 9.17) is 5.73 Å². The van der Waals surface area contributed by atoms with Crippen molar-refractivity contribution in [2.75, 3.05) is 0 Å². The molecule has 4 aliphatic rings. The number of hydrogen-bond acceptors (Lipinski definition) is 1. The maximum Gasteiger partial charge on any atom is 0.0305 e. The fourth-order valence-corrected chi connectivity index (χ4v) is 5.08. The maximum atomic E-state index is 6.42. The second-order valence-corrected chi connectivity index (χ2v) is 6.60. The van der Waals surface area contributed by atoms with Crippen LogP contribution in [0, 0.1) is 23.2 Å². The Morgan fingerprint density at radius 2 is 1.53 bits per heavy atom. The molecule has 4 bridgehead atoms. The van der Waals surface area contributed by atoms with Crippen molar-refractivity contribution in [3.8, 4) is 0 Å². The van der Waals surface area contributed by atoms with Crippen LogP contribution in [-0.2, 0) is 0 Å². The van der Waals surface area contributed by atoms with Crippen LogP contribution in [0.4, 0.5) is 0 Å². The number of hydrogen-bond donors (Lipinski definition) is 1. The Kier molecular flexibility index (Phi) is 2.04. The van der Waals surface area contributed by atoms with E-state index in [1.807, 2.05) is 0 Å². The van der Waals surface area contributed by atoms with Gasteiger partial charge in [0.05, 0.1) is 0 Å². The van der Waals surface area contributed by atoms with Gasteiger partial charge in [0.2, 0.25) is 0 Å². The van der Waals surface area contributed by atoms with Crippen molar-refractivity contribution in [1.82, 2.24) is 0 Å². The van der Waals surface area contributed by atoms with E-state index < -0.39 is 0 Å². The first-order chi connectivity index (χ1) is 7.09. The van der Waals surface area contributed by atoms with Crippen molar-refractivity contribution in [1.29, 1.82) is 0 Å². The van der Waals surface area contributed by atoms with Gasteiger partial charge in [-0.1, -0.05) is 12.2 Å².